The number of hydrogen-bond acceptors (Lipinski definition) is 3. The first kappa shape index (κ1) is 14.4. The van der Waals surface area contributed by atoms with E-state index < -0.39 is 17.7 Å². The van der Waals surface area contributed by atoms with Crippen LogP contribution in [0, 0.1) is 11.6 Å². The van der Waals surface area contributed by atoms with Crippen molar-refractivity contribution in [3.8, 4) is 0 Å². The monoisotopic (exact) mass is 296 g/mol. The highest BCUT2D eigenvalue weighted by molar-refractivity contribution is 5.81. The average molecular weight is 296 g/mol. The Labute approximate surface area is 121 Å². The summed E-state index contributed by atoms with van der Waals surface area (Å²) in [6, 6.07) is 2.25. The number of hydrogen-bond donors (Lipinski definition) is 1. The third-order valence-electron chi connectivity index (χ3n) is 4.26. The summed E-state index contributed by atoms with van der Waals surface area (Å²) in [4.78, 5) is 14.0. The lowest BCUT2D eigenvalue weighted by Gasteiger charge is -2.31. The number of carbonyl (C=O) groups excluding carboxylic acids is 1. The van der Waals surface area contributed by atoms with Crippen LogP contribution in [0.5, 0.6) is 0 Å². The molecule has 1 fully saturated rings. The molecule has 1 saturated heterocycles. The van der Waals surface area contributed by atoms with Crippen LogP contribution in [0.25, 0.3) is 0 Å². The Bertz CT molecular complexity index is 565. The van der Waals surface area contributed by atoms with Crippen LogP contribution in [0.15, 0.2) is 12.1 Å². The van der Waals surface area contributed by atoms with Gasteiger partial charge in [0.05, 0.1) is 6.10 Å². The number of nitrogens with two attached hydrogens (primary N) is 1. The Morgan fingerprint density at radius 3 is 2.67 bits per heavy atom. The van der Waals surface area contributed by atoms with Crippen LogP contribution in [-0.2, 0) is 22.5 Å². The van der Waals surface area contributed by atoms with Gasteiger partial charge in [-0.2, -0.15) is 0 Å². The van der Waals surface area contributed by atoms with E-state index in [1.54, 1.807) is 4.90 Å². The molecule has 114 valence electrons. The van der Waals surface area contributed by atoms with E-state index in [0.717, 1.165) is 18.6 Å². The molecule has 2 aliphatic rings. The van der Waals surface area contributed by atoms with Crippen LogP contribution in [0.4, 0.5) is 8.78 Å². The predicted molar refractivity (Wildman–Crippen MR) is 72.4 cm³/mol. The Morgan fingerprint density at radius 1 is 1.29 bits per heavy atom. The molecule has 4 nitrogen and oxygen atoms in total. The molecule has 2 heterocycles. The van der Waals surface area contributed by atoms with E-state index in [1.165, 1.54) is 0 Å². The molecule has 6 heteroatoms. The van der Waals surface area contributed by atoms with Gasteiger partial charge < -0.3 is 15.4 Å². The Hall–Kier alpha value is -1.53. The minimum atomic E-state index is -0.503. The van der Waals surface area contributed by atoms with Crippen molar-refractivity contribution in [2.24, 2.45) is 5.73 Å². The molecule has 0 aromatic heterocycles. The van der Waals surface area contributed by atoms with Gasteiger partial charge in [0.1, 0.15) is 17.7 Å². The fourth-order valence-electron chi connectivity index (χ4n) is 3.05. The summed E-state index contributed by atoms with van der Waals surface area (Å²) in [6.45, 7) is 0.886. The van der Waals surface area contributed by atoms with Crippen LogP contribution in [-0.4, -0.2) is 36.1 Å². The van der Waals surface area contributed by atoms with Crippen LogP contribution in [0.1, 0.15) is 24.0 Å². The van der Waals surface area contributed by atoms with Gasteiger partial charge >= 0.3 is 0 Å². The fourth-order valence-corrected chi connectivity index (χ4v) is 3.05. The van der Waals surface area contributed by atoms with Crippen molar-refractivity contribution in [2.75, 3.05) is 13.1 Å². The standard InChI is InChI=1S/C15H18F2N2O2/c16-12-2-3-13(17)11-8-19(6-5-10(11)12)15(20)14-4-1-9(7-18)21-14/h2-3,9,14H,1,4-8,18H2/t9-,14+/m1/s1. The van der Waals surface area contributed by atoms with Gasteiger partial charge in [0.2, 0.25) is 0 Å². The van der Waals surface area contributed by atoms with E-state index in [0.29, 0.717) is 31.5 Å². The second kappa shape index (κ2) is 5.69. The van der Waals surface area contributed by atoms with E-state index in [-0.39, 0.29) is 24.1 Å². The smallest absolute Gasteiger partial charge is 0.252 e. The van der Waals surface area contributed by atoms with E-state index in [4.69, 9.17) is 10.5 Å². The highest BCUT2D eigenvalue weighted by atomic mass is 19.1. The first-order valence-corrected chi connectivity index (χ1v) is 7.20. The lowest BCUT2D eigenvalue weighted by atomic mass is 9.98. The largest absolute Gasteiger partial charge is 0.364 e. The maximum Gasteiger partial charge on any atom is 0.252 e. The number of ether oxygens (including phenoxy) is 1. The molecular formula is C15H18F2N2O2. The van der Waals surface area contributed by atoms with E-state index in [9.17, 15) is 13.6 Å². The molecule has 0 unspecified atom stereocenters. The van der Waals surface area contributed by atoms with Crippen molar-refractivity contribution >= 4 is 5.91 Å². The molecule has 2 N–H and O–H groups in total. The zero-order valence-corrected chi connectivity index (χ0v) is 11.6. The van der Waals surface area contributed by atoms with Gasteiger partial charge in [0.15, 0.2) is 0 Å². The second-order valence-corrected chi connectivity index (χ2v) is 5.56. The first-order chi connectivity index (χ1) is 10.1. The van der Waals surface area contributed by atoms with Crippen molar-refractivity contribution < 1.29 is 18.3 Å². The van der Waals surface area contributed by atoms with Gasteiger partial charge in [0, 0.05) is 25.2 Å². The lowest BCUT2D eigenvalue weighted by molar-refractivity contribution is -0.143. The Balaban J connectivity index is 1.74. The predicted octanol–water partition coefficient (Wildman–Crippen LogP) is 1.36. The van der Waals surface area contributed by atoms with Gasteiger partial charge in [-0.25, -0.2) is 8.78 Å². The molecular weight excluding hydrogens is 278 g/mol. The van der Waals surface area contributed by atoms with Crippen LogP contribution in [0.3, 0.4) is 0 Å². The van der Waals surface area contributed by atoms with Crippen LogP contribution >= 0.6 is 0 Å². The maximum absolute atomic E-state index is 13.8. The molecule has 0 aliphatic carbocycles. The molecule has 2 atom stereocenters. The molecule has 1 aromatic rings. The summed E-state index contributed by atoms with van der Waals surface area (Å²) in [5.41, 5.74) is 6.19. The van der Waals surface area contributed by atoms with Crippen molar-refractivity contribution in [3.63, 3.8) is 0 Å². The van der Waals surface area contributed by atoms with E-state index >= 15 is 0 Å². The van der Waals surface area contributed by atoms with Gasteiger partial charge in [-0.15, -0.1) is 0 Å². The number of amides is 1. The highest BCUT2D eigenvalue weighted by Gasteiger charge is 2.35. The molecule has 1 aromatic carbocycles. The van der Waals surface area contributed by atoms with Crippen molar-refractivity contribution in [1.29, 1.82) is 0 Å². The van der Waals surface area contributed by atoms with Gasteiger partial charge in [-0.3, -0.25) is 4.79 Å². The van der Waals surface area contributed by atoms with Gasteiger partial charge in [-0.05, 0) is 37.0 Å². The first-order valence-electron chi connectivity index (χ1n) is 7.20. The SMILES string of the molecule is NC[C@H]1CC[C@@H](C(=O)N2CCc3c(F)ccc(F)c3C2)O1. The number of nitrogens with zero attached hydrogens (tertiary/aromatic N) is 1. The summed E-state index contributed by atoms with van der Waals surface area (Å²) in [7, 11) is 0. The molecule has 2 aliphatic heterocycles. The average Bonchev–Trinajstić information content (AvgIpc) is 2.99. The van der Waals surface area contributed by atoms with Crippen molar-refractivity contribution in [3.05, 3.63) is 34.9 Å². The minimum Gasteiger partial charge on any atom is -0.364 e. The number of fused-ring (bicyclic) bond motifs is 1. The number of rotatable bonds is 2. The zero-order chi connectivity index (χ0) is 15.0. The summed E-state index contributed by atoms with van der Waals surface area (Å²) in [5, 5.41) is 0. The van der Waals surface area contributed by atoms with Gasteiger partial charge in [0.25, 0.3) is 5.91 Å². The van der Waals surface area contributed by atoms with Gasteiger partial charge in [-0.1, -0.05) is 0 Å². The second-order valence-electron chi connectivity index (χ2n) is 5.56. The fraction of sp³-hybridized carbons (Fsp3) is 0.533. The molecule has 0 bridgehead atoms. The summed E-state index contributed by atoms with van der Waals surface area (Å²) >= 11 is 0. The molecule has 1 amide bonds. The highest BCUT2D eigenvalue weighted by Crippen LogP contribution is 2.27. The number of halogens is 2. The van der Waals surface area contributed by atoms with Crippen molar-refractivity contribution in [1.82, 2.24) is 4.90 Å². The topological polar surface area (TPSA) is 55.6 Å². The third kappa shape index (κ3) is 2.65. The summed E-state index contributed by atoms with van der Waals surface area (Å²) < 4.78 is 33.1. The summed E-state index contributed by atoms with van der Waals surface area (Å²) in [6.07, 6.45) is 1.15. The minimum absolute atomic E-state index is 0.0785. The number of benzene rings is 1. The van der Waals surface area contributed by atoms with Crippen LogP contribution in [0.2, 0.25) is 0 Å². The zero-order valence-electron chi connectivity index (χ0n) is 11.6. The quantitative estimate of drug-likeness (QED) is 0.896. The van der Waals surface area contributed by atoms with E-state index in [2.05, 4.69) is 0 Å². The van der Waals surface area contributed by atoms with Crippen LogP contribution < -0.4 is 5.73 Å². The Kier molecular flexibility index (Phi) is 3.91. The molecule has 0 saturated carbocycles. The molecule has 21 heavy (non-hydrogen) atoms. The van der Waals surface area contributed by atoms with Crippen molar-refractivity contribution in [2.45, 2.75) is 38.0 Å². The lowest BCUT2D eigenvalue weighted by Crippen LogP contribution is -2.43. The normalized spacial score (nSPS) is 25.0. The third-order valence-corrected chi connectivity index (χ3v) is 4.26. The molecule has 0 spiro atoms. The number of carbonyl (C=O) groups is 1. The summed E-state index contributed by atoms with van der Waals surface area (Å²) in [5.74, 6) is -1.02. The molecule has 3 rings (SSSR count). The molecule has 0 radical (unpaired) electrons. The maximum atomic E-state index is 13.8. The Morgan fingerprint density at radius 2 is 2.00 bits per heavy atom. The van der Waals surface area contributed by atoms with E-state index in [1.807, 2.05) is 0 Å².